The van der Waals surface area contributed by atoms with E-state index in [0.717, 1.165) is 5.56 Å². The molecular weight excluding hydrogens is 414 g/mol. The number of amides is 1. The summed E-state index contributed by atoms with van der Waals surface area (Å²) in [6.07, 6.45) is 0.511. The van der Waals surface area contributed by atoms with Crippen LogP contribution in [0.25, 0.3) is 5.76 Å². The summed E-state index contributed by atoms with van der Waals surface area (Å²) in [7, 11) is 4.52. The summed E-state index contributed by atoms with van der Waals surface area (Å²) in [5.41, 5.74) is 1.68. The van der Waals surface area contributed by atoms with Crippen LogP contribution in [0.15, 0.2) is 42.0 Å². The van der Waals surface area contributed by atoms with Crippen molar-refractivity contribution < 1.29 is 34.0 Å². The van der Waals surface area contributed by atoms with Gasteiger partial charge >= 0.3 is 0 Å². The number of aryl methyl sites for hydroxylation is 1. The molecule has 3 rings (SSSR count). The van der Waals surface area contributed by atoms with Crippen molar-refractivity contribution in [3.05, 3.63) is 58.7 Å². The number of benzene rings is 2. The molecule has 0 spiro atoms. The number of likely N-dealkylation sites (tertiary alicyclic amines) is 1. The van der Waals surface area contributed by atoms with Crippen LogP contribution in [0.2, 0.25) is 0 Å². The molecule has 0 bridgehead atoms. The number of hydrogen-bond donors (Lipinski definition) is 2. The maximum Gasteiger partial charge on any atom is 0.295 e. The summed E-state index contributed by atoms with van der Waals surface area (Å²) in [6.45, 7) is 2.48. The van der Waals surface area contributed by atoms with Gasteiger partial charge in [0, 0.05) is 25.8 Å². The Hall–Kier alpha value is -3.52. The Morgan fingerprint density at radius 2 is 1.75 bits per heavy atom. The minimum absolute atomic E-state index is 0.0234. The van der Waals surface area contributed by atoms with Crippen molar-refractivity contribution in [2.45, 2.75) is 19.4 Å². The first-order valence-corrected chi connectivity index (χ1v) is 10.1. The SMILES string of the molecule is COCCCN1C(=O)C(=O)C(=C(O)c2ccc(OC)c(C)c2)[C@H]1c1ccc(O)c(OC)c1. The van der Waals surface area contributed by atoms with Crippen LogP contribution in [0, 0.1) is 6.92 Å². The van der Waals surface area contributed by atoms with Crippen molar-refractivity contribution in [1.82, 2.24) is 4.90 Å². The van der Waals surface area contributed by atoms with Gasteiger partial charge in [0.15, 0.2) is 11.5 Å². The predicted molar refractivity (Wildman–Crippen MR) is 118 cm³/mol. The molecule has 0 radical (unpaired) electrons. The highest BCUT2D eigenvalue weighted by Crippen LogP contribution is 2.42. The Morgan fingerprint density at radius 1 is 1.03 bits per heavy atom. The van der Waals surface area contributed by atoms with E-state index in [-0.39, 0.29) is 29.4 Å². The van der Waals surface area contributed by atoms with Crippen LogP contribution in [0.4, 0.5) is 0 Å². The zero-order valence-electron chi connectivity index (χ0n) is 18.5. The number of Topliss-reactive ketones (excluding diaryl/α,β-unsaturated/α-hetero) is 1. The highest BCUT2D eigenvalue weighted by molar-refractivity contribution is 6.46. The van der Waals surface area contributed by atoms with Gasteiger partial charge in [0.05, 0.1) is 25.8 Å². The molecule has 1 heterocycles. The molecule has 0 aromatic heterocycles. The zero-order chi connectivity index (χ0) is 23.4. The standard InChI is InChI=1S/C24H27NO7/c1-14-12-16(7-9-18(14)31-3)22(27)20-21(15-6-8-17(26)19(13-15)32-4)25(10-5-11-30-2)24(29)23(20)28/h6-9,12-13,21,26-27H,5,10-11H2,1-4H3/t21-/m1/s1. The van der Waals surface area contributed by atoms with E-state index in [1.54, 1.807) is 44.6 Å². The molecular formula is C24H27NO7. The minimum Gasteiger partial charge on any atom is -0.507 e. The third-order valence-corrected chi connectivity index (χ3v) is 5.48. The molecule has 2 N–H and O–H groups in total. The molecule has 32 heavy (non-hydrogen) atoms. The maximum absolute atomic E-state index is 13.0. The molecule has 1 aliphatic heterocycles. The van der Waals surface area contributed by atoms with Gasteiger partial charge in [-0.3, -0.25) is 9.59 Å². The number of methoxy groups -OCH3 is 3. The monoisotopic (exact) mass is 441 g/mol. The van der Waals surface area contributed by atoms with Crippen molar-refractivity contribution in [2.75, 3.05) is 34.5 Å². The number of hydrogen-bond acceptors (Lipinski definition) is 7. The first kappa shape index (κ1) is 23.1. The smallest absolute Gasteiger partial charge is 0.295 e. The number of nitrogens with zero attached hydrogens (tertiary/aromatic N) is 1. The molecule has 1 amide bonds. The van der Waals surface area contributed by atoms with Crippen molar-refractivity contribution in [3.8, 4) is 17.2 Å². The predicted octanol–water partition coefficient (Wildman–Crippen LogP) is 3.18. The second-order valence-corrected chi connectivity index (χ2v) is 7.45. The highest BCUT2D eigenvalue weighted by Gasteiger charge is 2.46. The van der Waals surface area contributed by atoms with Crippen LogP contribution in [-0.4, -0.2) is 61.3 Å². The topological polar surface area (TPSA) is 106 Å². The summed E-state index contributed by atoms with van der Waals surface area (Å²) in [5, 5.41) is 21.1. The van der Waals surface area contributed by atoms with Crippen LogP contribution in [0.1, 0.15) is 29.2 Å². The van der Waals surface area contributed by atoms with E-state index >= 15 is 0 Å². The quantitative estimate of drug-likeness (QED) is 0.281. The molecule has 1 aliphatic rings. The molecule has 2 aromatic rings. The van der Waals surface area contributed by atoms with Crippen LogP contribution in [0.5, 0.6) is 17.2 Å². The lowest BCUT2D eigenvalue weighted by Gasteiger charge is -2.25. The Bertz CT molecular complexity index is 1060. The van der Waals surface area contributed by atoms with Crippen LogP contribution < -0.4 is 9.47 Å². The molecule has 1 saturated heterocycles. The first-order valence-electron chi connectivity index (χ1n) is 10.1. The number of aliphatic hydroxyl groups excluding tert-OH is 1. The molecule has 8 nitrogen and oxygen atoms in total. The summed E-state index contributed by atoms with van der Waals surface area (Å²) < 4.78 is 15.6. The molecule has 2 aromatic carbocycles. The van der Waals surface area contributed by atoms with Crippen molar-refractivity contribution >= 4 is 17.4 Å². The molecule has 0 saturated carbocycles. The van der Waals surface area contributed by atoms with E-state index in [1.165, 1.54) is 18.1 Å². The van der Waals surface area contributed by atoms with Crippen molar-refractivity contribution in [2.24, 2.45) is 0 Å². The second kappa shape index (κ2) is 9.74. The average Bonchev–Trinajstić information content (AvgIpc) is 3.04. The van der Waals surface area contributed by atoms with E-state index < -0.39 is 17.7 Å². The van der Waals surface area contributed by atoms with Gasteiger partial charge in [-0.05, 0) is 54.8 Å². The van der Waals surface area contributed by atoms with E-state index in [2.05, 4.69) is 0 Å². The van der Waals surface area contributed by atoms with Crippen molar-refractivity contribution in [1.29, 1.82) is 0 Å². The fraction of sp³-hybridized carbons (Fsp3) is 0.333. The lowest BCUT2D eigenvalue weighted by Crippen LogP contribution is -2.31. The van der Waals surface area contributed by atoms with Crippen molar-refractivity contribution in [3.63, 3.8) is 0 Å². The molecule has 1 fully saturated rings. The molecule has 0 unspecified atom stereocenters. The van der Waals surface area contributed by atoms with Gasteiger partial charge in [-0.15, -0.1) is 0 Å². The number of aromatic hydroxyl groups is 1. The third kappa shape index (κ3) is 4.27. The second-order valence-electron chi connectivity index (χ2n) is 7.45. The fourth-order valence-electron chi connectivity index (χ4n) is 3.88. The minimum atomic E-state index is -0.844. The summed E-state index contributed by atoms with van der Waals surface area (Å²) in [4.78, 5) is 27.4. The molecule has 170 valence electrons. The van der Waals surface area contributed by atoms with Gasteiger partial charge in [0.2, 0.25) is 0 Å². The number of phenolic OH excluding ortho intramolecular Hbond substituents is 1. The van der Waals surface area contributed by atoms with Crippen LogP contribution in [0.3, 0.4) is 0 Å². The van der Waals surface area contributed by atoms with E-state index in [9.17, 15) is 19.8 Å². The molecule has 8 heteroatoms. The van der Waals surface area contributed by atoms with E-state index in [1.807, 2.05) is 6.92 Å². The zero-order valence-corrected chi connectivity index (χ0v) is 18.5. The van der Waals surface area contributed by atoms with Gasteiger partial charge in [-0.25, -0.2) is 0 Å². The normalized spacial score (nSPS) is 17.6. The summed E-state index contributed by atoms with van der Waals surface area (Å²) in [6, 6.07) is 8.77. The maximum atomic E-state index is 13.0. The number of carbonyl (C=O) groups is 2. The summed E-state index contributed by atoms with van der Waals surface area (Å²) in [5.74, 6) is -0.985. The van der Waals surface area contributed by atoms with Gasteiger partial charge in [-0.1, -0.05) is 6.07 Å². The number of ether oxygens (including phenoxy) is 3. The first-order chi connectivity index (χ1) is 15.3. The Kier molecular flexibility index (Phi) is 7.05. The lowest BCUT2D eigenvalue weighted by molar-refractivity contribution is -0.140. The Balaban J connectivity index is 2.17. The number of aliphatic hydroxyl groups is 1. The average molecular weight is 441 g/mol. The van der Waals surface area contributed by atoms with Gasteiger partial charge in [0.1, 0.15) is 11.5 Å². The number of phenols is 1. The third-order valence-electron chi connectivity index (χ3n) is 5.48. The number of rotatable bonds is 8. The van der Waals surface area contributed by atoms with Crippen LogP contribution in [-0.2, 0) is 14.3 Å². The van der Waals surface area contributed by atoms with E-state index in [4.69, 9.17) is 14.2 Å². The van der Waals surface area contributed by atoms with Crippen LogP contribution >= 0.6 is 0 Å². The molecule has 0 aliphatic carbocycles. The largest absolute Gasteiger partial charge is 0.507 e. The number of carbonyl (C=O) groups excluding carboxylic acids is 2. The molecule has 1 atom stereocenters. The number of ketones is 1. The van der Waals surface area contributed by atoms with E-state index in [0.29, 0.717) is 29.9 Å². The summed E-state index contributed by atoms with van der Waals surface area (Å²) >= 11 is 0. The van der Waals surface area contributed by atoms with Gasteiger partial charge < -0.3 is 29.3 Å². The highest BCUT2D eigenvalue weighted by atomic mass is 16.5. The Labute approximate surface area is 186 Å². The Morgan fingerprint density at radius 3 is 2.38 bits per heavy atom. The van der Waals surface area contributed by atoms with Gasteiger partial charge in [-0.2, -0.15) is 0 Å². The fourth-order valence-corrected chi connectivity index (χ4v) is 3.88. The van der Waals surface area contributed by atoms with Gasteiger partial charge in [0.25, 0.3) is 11.7 Å². The lowest BCUT2D eigenvalue weighted by atomic mass is 9.94.